The summed E-state index contributed by atoms with van der Waals surface area (Å²) in [6.45, 7) is 9.53. The molecule has 2 aromatic carbocycles. The van der Waals surface area contributed by atoms with Gasteiger partial charge in [0.15, 0.2) is 0 Å². The first kappa shape index (κ1) is 30.3. The third kappa shape index (κ3) is 8.93. The molecule has 9 nitrogen and oxygen atoms in total. The van der Waals surface area contributed by atoms with Crippen LogP contribution in [0.25, 0.3) is 0 Å². The Morgan fingerprint density at radius 2 is 1.66 bits per heavy atom. The monoisotopic (exact) mass is 579 g/mol. The average molecular weight is 580 g/mol. The molecule has 0 radical (unpaired) electrons. The molecule has 4 rings (SSSR count). The number of hydrogen-bond donors (Lipinski definition) is 2. The van der Waals surface area contributed by atoms with Crippen LogP contribution in [-0.4, -0.2) is 61.2 Å². The molecule has 220 valence electrons. The number of benzene rings is 2. The van der Waals surface area contributed by atoms with Crippen LogP contribution in [0.15, 0.2) is 60.8 Å². The van der Waals surface area contributed by atoms with Crippen molar-refractivity contribution in [3.05, 3.63) is 77.6 Å². The number of likely N-dealkylation sites (tertiary alicyclic amines) is 1. The Morgan fingerprint density at radius 1 is 1.02 bits per heavy atom. The molecule has 0 saturated carbocycles. The zero-order valence-corrected chi connectivity index (χ0v) is 25.2. The number of sulfonamides is 1. The van der Waals surface area contributed by atoms with Gasteiger partial charge in [0.25, 0.3) is 0 Å². The van der Waals surface area contributed by atoms with E-state index in [9.17, 15) is 13.2 Å². The summed E-state index contributed by atoms with van der Waals surface area (Å²) in [5.41, 5.74) is 4.36. The van der Waals surface area contributed by atoms with Crippen LogP contribution >= 0.6 is 0 Å². The number of anilines is 2. The minimum Gasteiger partial charge on any atom is -0.457 e. The third-order valence-electron chi connectivity index (χ3n) is 7.31. The predicted molar refractivity (Wildman–Crippen MR) is 164 cm³/mol. The zero-order valence-electron chi connectivity index (χ0n) is 24.4. The second kappa shape index (κ2) is 13.8. The van der Waals surface area contributed by atoms with Gasteiger partial charge in [0.2, 0.25) is 10.0 Å². The molecule has 2 amide bonds. The molecule has 1 aromatic heterocycles. The van der Waals surface area contributed by atoms with Gasteiger partial charge in [-0.25, -0.2) is 13.2 Å². The summed E-state index contributed by atoms with van der Waals surface area (Å²) in [4.78, 5) is 22.2. The molecule has 0 bridgehead atoms. The number of nitrogens with one attached hydrogen (secondary N) is 2. The summed E-state index contributed by atoms with van der Waals surface area (Å²) in [5, 5.41) is 3.14. The van der Waals surface area contributed by atoms with E-state index in [0.717, 1.165) is 75.1 Å². The summed E-state index contributed by atoms with van der Waals surface area (Å²) >= 11 is 0. The number of aryl methyl sites for hydroxylation is 2. The van der Waals surface area contributed by atoms with Gasteiger partial charge in [-0.05, 0) is 86.7 Å². The number of ether oxygens (including phenoxy) is 1. The number of aromatic nitrogens is 1. The fourth-order valence-electron chi connectivity index (χ4n) is 5.09. The van der Waals surface area contributed by atoms with E-state index in [1.54, 1.807) is 30.5 Å². The van der Waals surface area contributed by atoms with Gasteiger partial charge in [-0.1, -0.05) is 25.5 Å². The number of piperidine rings is 1. The van der Waals surface area contributed by atoms with E-state index in [4.69, 9.17) is 4.74 Å². The Kier molecular flexibility index (Phi) is 10.2. The van der Waals surface area contributed by atoms with Crippen LogP contribution in [0, 0.1) is 13.8 Å². The Balaban J connectivity index is 1.29. The third-order valence-corrected chi connectivity index (χ3v) is 7.92. The van der Waals surface area contributed by atoms with Crippen molar-refractivity contribution in [2.45, 2.75) is 59.0 Å². The van der Waals surface area contributed by atoms with E-state index >= 15 is 0 Å². The fourth-order valence-corrected chi connectivity index (χ4v) is 5.66. The second-order valence-corrected chi connectivity index (χ2v) is 12.5. The van der Waals surface area contributed by atoms with Crippen LogP contribution in [-0.2, 0) is 16.6 Å². The minimum absolute atomic E-state index is 0.0343. The molecule has 1 aliphatic rings. The number of nitrogens with zero attached hydrogens (tertiary/aromatic N) is 3. The van der Waals surface area contributed by atoms with Gasteiger partial charge in [-0.3, -0.25) is 14.6 Å². The standard InChI is InChI=1S/C31H41N5O4S/c1-5-6-19-36(31(37)33-30-23(2)15-18-32-24(30)3)27-16-20-35(21-17-27)22-25-7-11-28(12-8-25)40-29-13-9-26(10-14-29)34-41(4,38)39/h7-15,18,27,34H,5-6,16-17,19-22H2,1-4H3,(H,33,37). The Bertz CT molecular complexity index is 1380. The normalized spacial score (nSPS) is 14.4. The van der Waals surface area contributed by atoms with Gasteiger partial charge < -0.3 is 15.0 Å². The van der Waals surface area contributed by atoms with Crippen LogP contribution < -0.4 is 14.8 Å². The first-order chi connectivity index (χ1) is 19.6. The van der Waals surface area contributed by atoms with Crippen molar-refractivity contribution >= 4 is 27.4 Å². The first-order valence-corrected chi connectivity index (χ1v) is 16.1. The molecule has 1 saturated heterocycles. The topological polar surface area (TPSA) is 104 Å². The van der Waals surface area contributed by atoms with Gasteiger partial charge in [-0.2, -0.15) is 0 Å². The lowest BCUT2D eigenvalue weighted by atomic mass is 10.0. The molecule has 10 heteroatoms. The van der Waals surface area contributed by atoms with Crippen LogP contribution in [0.5, 0.6) is 11.5 Å². The minimum atomic E-state index is -3.31. The molecule has 1 aliphatic heterocycles. The maximum absolute atomic E-state index is 13.4. The van der Waals surface area contributed by atoms with E-state index in [1.807, 2.05) is 36.9 Å². The number of urea groups is 1. The highest BCUT2D eigenvalue weighted by molar-refractivity contribution is 7.92. The van der Waals surface area contributed by atoms with Crippen molar-refractivity contribution < 1.29 is 17.9 Å². The molecular formula is C31H41N5O4S. The van der Waals surface area contributed by atoms with Crippen molar-refractivity contribution in [1.29, 1.82) is 0 Å². The highest BCUT2D eigenvalue weighted by atomic mass is 32.2. The van der Waals surface area contributed by atoms with Crippen LogP contribution in [0.1, 0.15) is 49.4 Å². The molecule has 3 aromatic rings. The maximum atomic E-state index is 13.4. The summed E-state index contributed by atoms with van der Waals surface area (Å²) in [6.07, 6.45) is 6.79. The summed E-state index contributed by atoms with van der Waals surface area (Å²) in [6, 6.07) is 16.9. The summed E-state index contributed by atoms with van der Waals surface area (Å²) < 4.78 is 31.1. The molecule has 41 heavy (non-hydrogen) atoms. The number of pyridine rings is 1. The lowest BCUT2D eigenvalue weighted by Gasteiger charge is -2.38. The molecule has 2 N–H and O–H groups in total. The Labute approximate surface area is 244 Å². The highest BCUT2D eigenvalue weighted by Gasteiger charge is 2.28. The number of hydrogen-bond acceptors (Lipinski definition) is 6. The van der Waals surface area contributed by atoms with Gasteiger partial charge in [0.1, 0.15) is 11.5 Å². The Morgan fingerprint density at radius 3 is 2.24 bits per heavy atom. The molecule has 2 heterocycles. The highest BCUT2D eigenvalue weighted by Crippen LogP contribution is 2.26. The molecule has 0 aliphatic carbocycles. The average Bonchev–Trinajstić information content (AvgIpc) is 2.93. The molecule has 0 atom stereocenters. The zero-order chi connectivity index (χ0) is 29.4. The van der Waals surface area contributed by atoms with Crippen LogP contribution in [0.4, 0.5) is 16.2 Å². The lowest BCUT2D eigenvalue weighted by molar-refractivity contribution is 0.122. The molecule has 0 unspecified atom stereocenters. The van der Waals surface area contributed by atoms with Crippen molar-refractivity contribution in [3.63, 3.8) is 0 Å². The van der Waals surface area contributed by atoms with Crippen molar-refractivity contribution in [3.8, 4) is 11.5 Å². The first-order valence-electron chi connectivity index (χ1n) is 14.2. The number of rotatable bonds is 11. The lowest BCUT2D eigenvalue weighted by Crippen LogP contribution is -2.49. The van der Waals surface area contributed by atoms with E-state index in [1.165, 1.54) is 5.56 Å². The van der Waals surface area contributed by atoms with Crippen molar-refractivity contribution in [1.82, 2.24) is 14.8 Å². The second-order valence-electron chi connectivity index (χ2n) is 10.7. The van der Waals surface area contributed by atoms with Crippen molar-refractivity contribution in [2.24, 2.45) is 0 Å². The number of unbranched alkanes of at least 4 members (excludes halogenated alkanes) is 1. The smallest absolute Gasteiger partial charge is 0.322 e. The molecule has 0 spiro atoms. The Hall–Kier alpha value is -3.63. The van der Waals surface area contributed by atoms with Gasteiger partial charge in [0, 0.05) is 44.1 Å². The largest absolute Gasteiger partial charge is 0.457 e. The van der Waals surface area contributed by atoms with Crippen LogP contribution in [0.2, 0.25) is 0 Å². The fraction of sp³-hybridized carbons (Fsp3) is 0.419. The quantitative estimate of drug-likeness (QED) is 0.282. The summed E-state index contributed by atoms with van der Waals surface area (Å²) in [5.74, 6) is 1.34. The molecule has 1 fully saturated rings. The molecular weight excluding hydrogens is 538 g/mol. The van der Waals surface area contributed by atoms with Gasteiger partial charge in [-0.15, -0.1) is 0 Å². The van der Waals surface area contributed by atoms with Crippen molar-refractivity contribution in [2.75, 3.05) is 35.9 Å². The van der Waals surface area contributed by atoms with Gasteiger partial charge in [0.05, 0.1) is 17.6 Å². The van der Waals surface area contributed by atoms with E-state index < -0.39 is 10.0 Å². The van der Waals surface area contributed by atoms with E-state index in [-0.39, 0.29) is 12.1 Å². The predicted octanol–water partition coefficient (Wildman–Crippen LogP) is 6.16. The van der Waals surface area contributed by atoms with Gasteiger partial charge >= 0.3 is 6.03 Å². The van der Waals surface area contributed by atoms with Crippen LogP contribution in [0.3, 0.4) is 0 Å². The SMILES string of the molecule is CCCCN(C(=O)Nc1c(C)ccnc1C)C1CCN(Cc2ccc(Oc3ccc(NS(C)(=O)=O)cc3)cc2)CC1. The number of amides is 2. The summed E-state index contributed by atoms with van der Waals surface area (Å²) in [7, 11) is -3.31. The van der Waals surface area contributed by atoms with E-state index in [0.29, 0.717) is 17.2 Å². The maximum Gasteiger partial charge on any atom is 0.322 e. The number of carbonyl (C=O) groups excluding carboxylic acids is 1. The van der Waals surface area contributed by atoms with E-state index in [2.05, 4.69) is 39.0 Å². The number of carbonyl (C=O) groups is 1.